The van der Waals surface area contributed by atoms with Crippen LogP contribution in [0.1, 0.15) is 71.6 Å². The van der Waals surface area contributed by atoms with E-state index in [0.29, 0.717) is 0 Å². The Morgan fingerprint density at radius 2 is 1.50 bits per heavy atom. The predicted molar refractivity (Wildman–Crippen MR) is 62.6 cm³/mol. The Bertz CT molecular complexity index is 122. The summed E-state index contributed by atoms with van der Waals surface area (Å²) in [5.41, 5.74) is 0. The maximum atomic E-state index is 8.03. The van der Waals surface area contributed by atoms with Crippen LogP contribution in [0.4, 0.5) is 0 Å². The first kappa shape index (κ1) is 15.8. The Balaban J connectivity index is 3.48. The Kier molecular flexibility index (Phi) is 12.8. The van der Waals surface area contributed by atoms with Crippen molar-refractivity contribution in [3.05, 3.63) is 0 Å². The van der Waals surface area contributed by atoms with E-state index >= 15 is 0 Å². The van der Waals surface area contributed by atoms with Crippen LogP contribution in [0.25, 0.3) is 0 Å². The van der Waals surface area contributed by atoms with Gasteiger partial charge in [-0.05, 0) is 22.9 Å². The summed E-state index contributed by atoms with van der Waals surface area (Å²) >= 11 is 0. The number of hydrogen-bond acceptors (Lipinski definition) is 4. The van der Waals surface area contributed by atoms with Gasteiger partial charge in [-0.3, -0.25) is 0 Å². The molecule has 0 aromatic carbocycles. The summed E-state index contributed by atoms with van der Waals surface area (Å²) in [4.78, 5) is 4.93. The Hall–Kier alpha value is -0.160. The minimum Gasteiger partial charge on any atom is -0.219 e. The van der Waals surface area contributed by atoms with Crippen LogP contribution >= 0.6 is 0 Å². The standard InChI is InChI=1S/C12H26O4/c1-3-5-7-8-9-11-12(10-6-4-2)14-16-15-13/h12-13H,3-11H2,1-2H3. The lowest BCUT2D eigenvalue weighted by Crippen LogP contribution is -2.13. The van der Waals surface area contributed by atoms with Crippen LogP contribution in [-0.2, 0) is 15.0 Å². The monoisotopic (exact) mass is 234 g/mol. The van der Waals surface area contributed by atoms with Crippen molar-refractivity contribution in [2.45, 2.75) is 77.7 Å². The molecule has 0 aliphatic heterocycles. The Morgan fingerprint density at radius 1 is 0.875 bits per heavy atom. The fourth-order valence-corrected chi connectivity index (χ4v) is 1.72. The molecule has 0 aromatic rings. The molecule has 0 bridgehead atoms. The summed E-state index contributed by atoms with van der Waals surface area (Å²) in [6.45, 7) is 4.35. The van der Waals surface area contributed by atoms with Gasteiger partial charge < -0.3 is 0 Å². The summed E-state index contributed by atoms with van der Waals surface area (Å²) < 4.78 is 0. The van der Waals surface area contributed by atoms with E-state index in [9.17, 15) is 0 Å². The van der Waals surface area contributed by atoms with E-state index < -0.39 is 0 Å². The van der Waals surface area contributed by atoms with Gasteiger partial charge in [-0.25, -0.2) is 10.1 Å². The van der Waals surface area contributed by atoms with Gasteiger partial charge in [-0.2, -0.15) is 0 Å². The summed E-state index contributed by atoms with van der Waals surface area (Å²) in [5.74, 6) is 0. The third-order valence-corrected chi connectivity index (χ3v) is 2.72. The molecule has 1 atom stereocenters. The summed E-state index contributed by atoms with van der Waals surface area (Å²) in [6, 6.07) is 0. The van der Waals surface area contributed by atoms with E-state index in [1.165, 1.54) is 25.7 Å². The number of rotatable bonds is 12. The van der Waals surface area contributed by atoms with Gasteiger partial charge in [0.15, 0.2) is 0 Å². The maximum Gasteiger partial charge on any atom is 0.0962 e. The van der Waals surface area contributed by atoms with Crippen LogP contribution in [0.2, 0.25) is 0 Å². The predicted octanol–water partition coefficient (Wildman–Crippen LogP) is 4.26. The van der Waals surface area contributed by atoms with Crippen LogP contribution in [0.5, 0.6) is 0 Å². The number of unbranched alkanes of at least 4 members (excludes halogenated alkanes) is 5. The topological polar surface area (TPSA) is 47.9 Å². The normalized spacial score (nSPS) is 12.9. The molecule has 4 heteroatoms. The second-order valence-electron chi connectivity index (χ2n) is 4.21. The molecule has 0 aromatic heterocycles. The van der Waals surface area contributed by atoms with Crippen LogP contribution in [0, 0.1) is 0 Å². The summed E-state index contributed by atoms with van der Waals surface area (Å²) in [6.07, 6.45) is 10.4. The van der Waals surface area contributed by atoms with Crippen molar-refractivity contribution in [3.63, 3.8) is 0 Å². The van der Waals surface area contributed by atoms with E-state index in [4.69, 9.17) is 10.1 Å². The lowest BCUT2D eigenvalue weighted by atomic mass is 10.0. The molecule has 0 aliphatic carbocycles. The Labute approximate surface area is 98.7 Å². The molecular weight excluding hydrogens is 208 g/mol. The quantitative estimate of drug-likeness (QED) is 0.311. The van der Waals surface area contributed by atoms with Gasteiger partial charge in [-0.1, -0.05) is 58.8 Å². The highest BCUT2D eigenvalue weighted by atomic mass is 17.6. The number of hydrogen-bond donors (Lipinski definition) is 1. The second kappa shape index (κ2) is 12.9. The third kappa shape index (κ3) is 10.4. The van der Waals surface area contributed by atoms with Gasteiger partial charge in [0.05, 0.1) is 6.10 Å². The van der Waals surface area contributed by atoms with Crippen LogP contribution < -0.4 is 0 Å². The minimum absolute atomic E-state index is 0.0359. The SMILES string of the molecule is CCCCCCCC(CCCC)OOOO. The van der Waals surface area contributed by atoms with Crippen molar-refractivity contribution in [1.29, 1.82) is 0 Å². The first-order valence-electron chi connectivity index (χ1n) is 6.48. The van der Waals surface area contributed by atoms with Crippen LogP contribution in [-0.4, -0.2) is 11.4 Å². The van der Waals surface area contributed by atoms with Gasteiger partial charge in [0.2, 0.25) is 0 Å². The molecule has 0 aliphatic rings. The smallest absolute Gasteiger partial charge is 0.0962 e. The van der Waals surface area contributed by atoms with Crippen molar-refractivity contribution >= 4 is 0 Å². The van der Waals surface area contributed by atoms with Gasteiger partial charge >= 0.3 is 0 Å². The molecule has 0 saturated heterocycles. The highest BCUT2D eigenvalue weighted by molar-refractivity contribution is 4.57. The molecular formula is C12H26O4. The van der Waals surface area contributed by atoms with E-state index in [2.05, 4.69) is 23.9 Å². The molecule has 1 unspecified atom stereocenters. The Morgan fingerprint density at radius 3 is 2.12 bits per heavy atom. The zero-order valence-corrected chi connectivity index (χ0v) is 10.6. The molecule has 0 spiro atoms. The minimum atomic E-state index is 0.0359. The zero-order valence-electron chi connectivity index (χ0n) is 10.6. The summed E-state index contributed by atoms with van der Waals surface area (Å²) in [7, 11) is 0. The van der Waals surface area contributed by atoms with E-state index in [0.717, 1.165) is 32.1 Å². The average molecular weight is 234 g/mol. The van der Waals surface area contributed by atoms with E-state index in [1.54, 1.807) is 0 Å². The van der Waals surface area contributed by atoms with Crippen molar-refractivity contribution < 1.29 is 20.2 Å². The van der Waals surface area contributed by atoms with Crippen molar-refractivity contribution in [3.8, 4) is 0 Å². The highest BCUT2D eigenvalue weighted by Crippen LogP contribution is 2.14. The van der Waals surface area contributed by atoms with Gasteiger partial charge in [0.1, 0.15) is 0 Å². The van der Waals surface area contributed by atoms with Crippen molar-refractivity contribution in [2.24, 2.45) is 0 Å². The molecule has 0 saturated carbocycles. The highest BCUT2D eigenvalue weighted by Gasteiger charge is 2.10. The van der Waals surface area contributed by atoms with Crippen molar-refractivity contribution in [2.75, 3.05) is 0 Å². The molecule has 1 N–H and O–H groups in total. The fourth-order valence-electron chi connectivity index (χ4n) is 1.72. The lowest BCUT2D eigenvalue weighted by molar-refractivity contribution is -0.632. The first-order chi connectivity index (χ1) is 7.85. The molecule has 0 radical (unpaired) electrons. The largest absolute Gasteiger partial charge is 0.219 e. The van der Waals surface area contributed by atoms with E-state index in [1.807, 2.05) is 0 Å². The third-order valence-electron chi connectivity index (χ3n) is 2.72. The first-order valence-corrected chi connectivity index (χ1v) is 6.48. The molecule has 16 heavy (non-hydrogen) atoms. The van der Waals surface area contributed by atoms with Crippen LogP contribution in [0.3, 0.4) is 0 Å². The maximum absolute atomic E-state index is 8.03. The lowest BCUT2D eigenvalue weighted by Gasteiger charge is -2.13. The molecule has 0 amide bonds. The van der Waals surface area contributed by atoms with Gasteiger partial charge in [0, 0.05) is 0 Å². The van der Waals surface area contributed by atoms with Gasteiger partial charge in [0.25, 0.3) is 0 Å². The zero-order chi connectivity index (χ0) is 12.1. The molecule has 98 valence electrons. The van der Waals surface area contributed by atoms with Crippen molar-refractivity contribution in [1.82, 2.24) is 0 Å². The molecule has 0 fully saturated rings. The second-order valence-corrected chi connectivity index (χ2v) is 4.21. The average Bonchev–Trinajstić information content (AvgIpc) is 2.31. The molecule has 0 rings (SSSR count). The molecule has 4 nitrogen and oxygen atoms in total. The van der Waals surface area contributed by atoms with E-state index in [-0.39, 0.29) is 6.10 Å². The summed E-state index contributed by atoms with van der Waals surface area (Å²) in [5, 5.41) is 15.6. The van der Waals surface area contributed by atoms with Gasteiger partial charge in [-0.15, -0.1) is 0 Å². The fraction of sp³-hybridized carbons (Fsp3) is 1.00. The molecule has 0 heterocycles. The van der Waals surface area contributed by atoms with Crippen LogP contribution in [0.15, 0.2) is 0 Å².